The molecule has 1 amide bonds. The van der Waals surface area contributed by atoms with Crippen molar-refractivity contribution in [3.05, 3.63) is 84.2 Å². The number of carbonyl (C=O) groups excluding carboxylic acids is 1. The molecule has 5 nitrogen and oxygen atoms in total. The molecule has 2 heterocycles. The van der Waals surface area contributed by atoms with E-state index in [9.17, 15) is 4.79 Å². The van der Waals surface area contributed by atoms with Crippen LogP contribution in [0, 0.1) is 0 Å². The zero-order valence-corrected chi connectivity index (χ0v) is 18.0. The summed E-state index contributed by atoms with van der Waals surface area (Å²) in [6.45, 7) is 4.57. The number of carbonyl (C=O) groups is 1. The number of likely N-dealkylation sites (tertiary alicyclic amines) is 1. The fraction of sp³-hybridized carbons (Fsp3) is 0.385. The fourth-order valence-corrected chi connectivity index (χ4v) is 4.78. The molecule has 160 valence electrons. The SMILES string of the molecule is O=C(N(CCN1CCCC1)Cc1ccnn1-c1ccccc1)C1(c2ccccc2)CC1. The van der Waals surface area contributed by atoms with Gasteiger partial charge < -0.3 is 9.80 Å². The van der Waals surface area contributed by atoms with Crippen molar-refractivity contribution < 1.29 is 4.79 Å². The van der Waals surface area contributed by atoms with Gasteiger partial charge in [-0.15, -0.1) is 0 Å². The van der Waals surface area contributed by atoms with Crippen LogP contribution in [0.5, 0.6) is 0 Å². The Morgan fingerprint density at radius 2 is 1.61 bits per heavy atom. The molecule has 0 atom stereocenters. The molecule has 5 heteroatoms. The highest BCUT2D eigenvalue weighted by atomic mass is 16.2. The molecule has 1 saturated carbocycles. The van der Waals surface area contributed by atoms with E-state index in [0.29, 0.717) is 6.54 Å². The Bertz CT molecular complexity index is 1000. The smallest absolute Gasteiger partial charge is 0.233 e. The van der Waals surface area contributed by atoms with Crippen LogP contribution in [-0.2, 0) is 16.8 Å². The molecule has 1 aliphatic carbocycles. The maximum atomic E-state index is 13.9. The molecule has 0 unspecified atom stereocenters. The van der Waals surface area contributed by atoms with Gasteiger partial charge in [0, 0.05) is 19.3 Å². The number of rotatable bonds is 8. The van der Waals surface area contributed by atoms with Crippen molar-refractivity contribution >= 4 is 5.91 Å². The van der Waals surface area contributed by atoms with Crippen LogP contribution >= 0.6 is 0 Å². The molecule has 0 radical (unpaired) electrons. The van der Waals surface area contributed by atoms with Crippen LogP contribution in [0.3, 0.4) is 0 Å². The maximum absolute atomic E-state index is 13.9. The molecular formula is C26H30N4O. The van der Waals surface area contributed by atoms with Crippen molar-refractivity contribution in [2.45, 2.75) is 37.6 Å². The second-order valence-electron chi connectivity index (χ2n) is 8.79. The van der Waals surface area contributed by atoms with Gasteiger partial charge in [0.05, 0.1) is 23.3 Å². The molecule has 2 aromatic carbocycles. The largest absolute Gasteiger partial charge is 0.335 e. The first-order valence-corrected chi connectivity index (χ1v) is 11.4. The second-order valence-corrected chi connectivity index (χ2v) is 8.79. The van der Waals surface area contributed by atoms with Crippen LogP contribution in [0.2, 0.25) is 0 Å². The average molecular weight is 415 g/mol. The monoisotopic (exact) mass is 414 g/mol. The summed E-state index contributed by atoms with van der Waals surface area (Å²) in [7, 11) is 0. The third-order valence-corrected chi connectivity index (χ3v) is 6.73. The zero-order valence-electron chi connectivity index (χ0n) is 18.0. The Kier molecular flexibility index (Phi) is 5.60. The first-order chi connectivity index (χ1) is 15.3. The molecule has 2 aliphatic rings. The number of nitrogens with zero attached hydrogens (tertiary/aromatic N) is 4. The van der Waals surface area contributed by atoms with Crippen molar-refractivity contribution in [2.75, 3.05) is 26.2 Å². The minimum Gasteiger partial charge on any atom is -0.335 e. The van der Waals surface area contributed by atoms with Crippen molar-refractivity contribution in [3.63, 3.8) is 0 Å². The molecule has 5 rings (SSSR count). The van der Waals surface area contributed by atoms with Crippen molar-refractivity contribution in [3.8, 4) is 5.69 Å². The Balaban J connectivity index is 1.40. The highest BCUT2D eigenvalue weighted by molar-refractivity contribution is 5.91. The number of hydrogen-bond donors (Lipinski definition) is 0. The predicted molar refractivity (Wildman–Crippen MR) is 122 cm³/mol. The van der Waals surface area contributed by atoms with Gasteiger partial charge in [0.15, 0.2) is 0 Å². The van der Waals surface area contributed by atoms with Crippen molar-refractivity contribution in [1.29, 1.82) is 0 Å². The van der Waals surface area contributed by atoms with Crippen LogP contribution in [0.25, 0.3) is 5.69 Å². The molecule has 0 bridgehead atoms. The van der Waals surface area contributed by atoms with Gasteiger partial charge in [-0.25, -0.2) is 4.68 Å². The van der Waals surface area contributed by atoms with Crippen LogP contribution in [0.15, 0.2) is 72.9 Å². The van der Waals surface area contributed by atoms with E-state index in [2.05, 4.69) is 39.2 Å². The van der Waals surface area contributed by atoms with Crippen LogP contribution < -0.4 is 0 Å². The van der Waals surface area contributed by atoms with Crippen LogP contribution in [0.1, 0.15) is 36.9 Å². The third-order valence-electron chi connectivity index (χ3n) is 6.73. The lowest BCUT2D eigenvalue weighted by atomic mass is 9.94. The Morgan fingerprint density at radius 3 is 2.29 bits per heavy atom. The number of para-hydroxylation sites is 1. The molecule has 3 aromatic rings. The number of hydrogen-bond acceptors (Lipinski definition) is 3. The summed E-state index contributed by atoms with van der Waals surface area (Å²) in [6, 6.07) is 22.5. The van der Waals surface area contributed by atoms with Crippen LogP contribution in [0.4, 0.5) is 0 Å². The molecule has 1 aromatic heterocycles. The lowest BCUT2D eigenvalue weighted by Crippen LogP contribution is -2.43. The minimum absolute atomic E-state index is 0.263. The summed E-state index contributed by atoms with van der Waals surface area (Å²) in [6.07, 6.45) is 6.24. The fourth-order valence-electron chi connectivity index (χ4n) is 4.78. The van der Waals surface area contributed by atoms with Gasteiger partial charge in [-0.2, -0.15) is 5.10 Å². The van der Waals surface area contributed by atoms with Gasteiger partial charge in [0.2, 0.25) is 5.91 Å². The molecule has 1 saturated heterocycles. The number of amides is 1. The van der Waals surface area contributed by atoms with Crippen molar-refractivity contribution in [1.82, 2.24) is 19.6 Å². The Morgan fingerprint density at radius 1 is 0.935 bits per heavy atom. The van der Waals surface area contributed by atoms with E-state index in [1.165, 1.54) is 12.8 Å². The van der Waals surface area contributed by atoms with Gasteiger partial charge >= 0.3 is 0 Å². The van der Waals surface area contributed by atoms with Gasteiger partial charge in [-0.05, 0) is 62.5 Å². The van der Waals surface area contributed by atoms with Gasteiger partial charge in [0.25, 0.3) is 0 Å². The van der Waals surface area contributed by atoms with E-state index < -0.39 is 0 Å². The van der Waals surface area contributed by atoms with E-state index >= 15 is 0 Å². The summed E-state index contributed by atoms with van der Waals surface area (Å²) >= 11 is 0. The first-order valence-electron chi connectivity index (χ1n) is 11.4. The first kappa shape index (κ1) is 20.0. The molecule has 0 spiro atoms. The van der Waals surface area contributed by atoms with Crippen LogP contribution in [-0.4, -0.2) is 51.7 Å². The highest BCUT2D eigenvalue weighted by Crippen LogP contribution is 2.49. The zero-order chi connectivity index (χ0) is 21.1. The summed E-state index contributed by atoms with van der Waals surface area (Å²) < 4.78 is 1.96. The number of benzene rings is 2. The standard InChI is InChI=1S/C26H30N4O/c31-25(26(14-15-26)22-9-3-1-4-10-22)29(20-19-28-17-7-8-18-28)21-24-13-16-27-30(24)23-11-5-2-6-12-23/h1-6,9-13,16H,7-8,14-15,17-21H2. The molecular weight excluding hydrogens is 384 g/mol. The van der Waals surface area contributed by atoms with E-state index in [1.807, 2.05) is 53.3 Å². The molecule has 2 fully saturated rings. The summed E-state index contributed by atoms with van der Waals surface area (Å²) in [5.74, 6) is 0.263. The van der Waals surface area contributed by atoms with E-state index in [4.69, 9.17) is 0 Å². The summed E-state index contributed by atoms with van der Waals surface area (Å²) in [4.78, 5) is 18.4. The topological polar surface area (TPSA) is 41.4 Å². The maximum Gasteiger partial charge on any atom is 0.233 e. The quantitative estimate of drug-likeness (QED) is 0.559. The Labute approximate surface area is 184 Å². The lowest BCUT2D eigenvalue weighted by Gasteiger charge is -2.29. The summed E-state index contributed by atoms with van der Waals surface area (Å²) in [5.41, 5.74) is 2.88. The molecule has 31 heavy (non-hydrogen) atoms. The predicted octanol–water partition coefficient (Wildman–Crippen LogP) is 4.03. The minimum atomic E-state index is -0.343. The van der Waals surface area contributed by atoms with E-state index in [1.54, 1.807) is 0 Å². The van der Waals surface area contributed by atoms with Gasteiger partial charge in [-0.3, -0.25) is 4.79 Å². The Hall–Kier alpha value is -2.92. The molecule has 0 N–H and O–H groups in total. The lowest BCUT2D eigenvalue weighted by molar-refractivity contribution is -0.134. The third kappa shape index (κ3) is 4.15. The summed E-state index contributed by atoms with van der Waals surface area (Å²) in [5, 5.41) is 4.54. The second kappa shape index (κ2) is 8.67. The van der Waals surface area contributed by atoms with Gasteiger partial charge in [0.1, 0.15) is 0 Å². The van der Waals surface area contributed by atoms with E-state index in [0.717, 1.165) is 56.0 Å². The van der Waals surface area contributed by atoms with Crippen molar-refractivity contribution in [2.24, 2.45) is 0 Å². The highest BCUT2D eigenvalue weighted by Gasteiger charge is 2.52. The van der Waals surface area contributed by atoms with E-state index in [-0.39, 0.29) is 11.3 Å². The molecule has 1 aliphatic heterocycles. The normalized spacial score (nSPS) is 17.5. The van der Waals surface area contributed by atoms with Gasteiger partial charge in [-0.1, -0.05) is 48.5 Å². The number of aromatic nitrogens is 2. The average Bonchev–Trinajstić information content (AvgIpc) is 3.22.